The second kappa shape index (κ2) is 4.77. The van der Waals surface area contributed by atoms with Crippen LogP contribution in [-0.4, -0.2) is 0 Å². The molecule has 2 rings (SSSR count). The lowest BCUT2D eigenvalue weighted by Gasteiger charge is -1.92. The van der Waals surface area contributed by atoms with Gasteiger partial charge in [0.2, 0.25) is 5.69 Å². The largest absolute Gasteiger partial charge is 1.00 e. The zero-order chi connectivity index (χ0) is 8.23. The number of pyridine rings is 1. The van der Waals surface area contributed by atoms with Crippen LogP contribution in [0.3, 0.4) is 0 Å². The summed E-state index contributed by atoms with van der Waals surface area (Å²) in [6.07, 6.45) is 4.07. The van der Waals surface area contributed by atoms with Crippen molar-refractivity contribution in [3.63, 3.8) is 0 Å². The van der Waals surface area contributed by atoms with Crippen molar-refractivity contribution in [2.24, 2.45) is 0 Å². The molecule has 0 radical (unpaired) electrons. The van der Waals surface area contributed by atoms with Gasteiger partial charge in [0, 0.05) is 24.3 Å². The molecule has 13 heavy (non-hydrogen) atoms. The summed E-state index contributed by atoms with van der Waals surface area (Å²) in [5.41, 5.74) is 1.19. The predicted octanol–water partition coefficient (Wildman–Crippen LogP) is -1.03. The first-order chi connectivity index (χ1) is 5.97. The predicted molar refractivity (Wildman–Crippen MR) is 48.0 cm³/mol. The van der Waals surface area contributed by atoms with Crippen molar-refractivity contribution in [3.8, 4) is 5.69 Å². The summed E-state index contributed by atoms with van der Waals surface area (Å²) < 4.78 is 2.08. The van der Waals surface area contributed by atoms with Gasteiger partial charge in [0.25, 0.3) is 0 Å². The number of hydrogen-bond acceptors (Lipinski definition) is 0. The van der Waals surface area contributed by atoms with E-state index in [0.717, 1.165) is 0 Å². The number of nitrogens with zero attached hydrogens (tertiary/aromatic N) is 1. The summed E-state index contributed by atoms with van der Waals surface area (Å²) in [7, 11) is 0. The van der Waals surface area contributed by atoms with Crippen molar-refractivity contribution in [3.05, 3.63) is 60.9 Å². The fraction of sp³-hybridized carbons (Fsp3) is 0. The zero-order valence-electron chi connectivity index (χ0n) is 7.10. The Labute approximate surface area is 88.4 Å². The van der Waals surface area contributed by atoms with Crippen molar-refractivity contribution in [2.75, 3.05) is 0 Å². The van der Waals surface area contributed by atoms with Crippen LogP contribution in [-0.2, 0) is 0 Å². The van der Waals surface area contributed by atoms with Crippen LogP contribution in [0.2, 0.25) is 0 Å². The molecule has 1 aromatic heterocycles. The van der Waals surface area contributed by atoms with E-state index in [9.17, 15) is 0 Å². The van der Waals surface area contributed by atoms with Crippen LogP contribution < -0.4 is 21.5 Å². The molecule has 0 bridgehead atoms. The number of aromatic nitrogens is 1. The molecule has 0 spiro atoms. The number of benzene rings is 1. The first-order valence-electron chi connectivity index (χ1n) is 3.98. The Hall–Kier alpha value is -1.15. The molecule has 0 fully saturated rings. The van der Waals surface area contributed by atoms with E-state index in [2.05, 4.69) is 16.7 Å². The highest BCUT2D eigenvalue weighted by molar-refractivity contribution is 5.21. The van der Waals surface area contributed by atoms with E-state index in [4.69, 9.17) is 0 Å². The second-order valence-corrected chi connectivity index (χ2v) is 2.62. The lowest BCUT2D eigenvalue weighted by atomic mass is 10.3. The first-order valence-corrected chi connectivity index (χ1v) is 3.98. The minimum atomic E-state index is 0. The first kappa shape index (κ1) is 9.93. The third-order valence-electron chi connectivity index (χ3n) is 1.77. The SMILES string of the molecule is [Br-].c1ccc(-[n+]2ccccc2)cc1. The lowest BCUT2D eigenvalue weighted by Crippen LogP contribution is -3.00. The summed E-state index contributed by atoms with van der Waals surface area (Å²) in [5, 5.41) is 0. The van der Waals surface area contributed by atoms with Gasteiger partial charge in [-0.3, -0.25) is 0 Å². The summed E-state index contributed by atoms with van der Waals surface area (Å²) in [6.45, 7) is 0. The smallest absolute Gasteiger partial charge is 0.210 e. The van der Waals surface area contributed by atoms with Crippen LogP contribution in [0.4, 0.5) is 0 Å². The van der Waals surface area contributed by atoms with Crippen molar-refractivity contribution >= 4 is 0 Å². The molecule has 1 aromatic carbocycles. The van der Waals surface area contributed by atoms with Gasteiger partial charge in [-0.15, -0.1) is 0 Å². The third-order valence-corrected chi connectivity index (χ3v) is 1.77. The van der Waals surface area contributed by atoms with Gasteiger partial charge in [0.1, 0.15) is 0 Å². The maximum absolute atomic E-state index is 2.08. The summed E-state index contributed by atoms with van der Waals surface area (Å²) in [4.78, 5) is 0. The van der Waals surface area contributed by atoms with Gasteiger partial charge in [-0.05, 0) is 0 Å². The molecule has 0 N–H and O–H groups in total. The highest BCUT2D eigenvalue weighted by Gasteiger charge is 1.99. The van der Waals surface area contributed by atoms with Crippen LogP contribution in [0.15, 0.2) is 60.9 Å². The quantitative estimate of drug-likeness (QED) is 0.557. The number of halogens is 1. The third kappa shape index (κ3) is 2.39. The van der Waals surface area contributed by atoms with E-state index >= 15 is 0 Å². The lowest BCUT2D eigenvalue weighted by molar-refractivity contribution is -0.595. The number of para-hydroxylation sites is 1. The Morgan fingerprint density at radius 2 is 1.23 bits per heavy atom. The molecule has 0 saturated carbocycles. The summed E-state index contributed by atoms with van der Waals surface area (Å²) >= 11 is 0. The standard InChI is InChI=1S/C11H10N.BrH/c1-3-7-11(8-4-1)12-9-5-2-6-10-12;/h1-10H;1H/q+1;/p-1. The molecule has 0 unspecified atom stereocenters. The van der Waals surface area contributed by atoms with E-state index in [1.54, 1.807) is 0 Å². The average molecular weight is 236 g/mol. The molecule has 0 aliphatic carbocycles. The molecule has 0 atom stereocenters. The fourth-order valence-electron chi connectivity index (χ4n) is 1.17. The topological polar surface area (TPSA) is 3.88 Å². The van der Waals surface area contributed by atoms with Crippen LogP contribution in [0.5, 0.6) is 0 Å². The molecule has 2 aromatic rings. The highest BCUT2D eigenvalue weighted by atomic mass is 79.9. The van der Waals surface area contributed by atoms with E-state index < -0.39 is 0 Å². The van der Waals surface area contributed by atoms with Crippen LogP contribution in [0.1, 0.15) is 0 Å². The molecule has 0 aliphatic rings. The Bertz CT molecular complexity index is 307. The maximum atomic E-state index is 2.08. The Balaban J connectivity index is 0.000000845. The maximum Gasteiger partial charge on any atom is 0.210 e. The number of rotatable bonds is 1. The van der Waals surface area contributed by atoms with E-state index in [0.29, 0.717) is 0 Å². The average Bonchev–Trinajstić information content (AvgIpc) is 2.21. The second-order valence-electron chi connectivity index (χ2n) is 2.62. The highest BCUT2D eigenvalue weighted by Crippen LogP contribution is 1.96. The zero-order valence-corrected chi connectivity index (χ0v) is 8.68. The van der Waals surface area contributed by atoms with Crippen LogP contribution in [0, 0.1) is 0 Å². The molecule has 66 valence electrons. The summed E-state index contributed by atoms with van der Waals surface area (Å²) in [6, 6.07) is 16.3. The molecule has 0 aliphatic heterocycles. The van der Waals surface area contributed by atoms with Crippen molar-refractivity contribution in [2.45, 2.75) is 0 Å². The number of hydrogen-bond donors (Lipinski definition) is 0. The van der Waals surface area contributed by atoms with Gasteiger partial charge in [0.15, 0.2) is 12.4 Å². The van der Waals surface area contributed by atoms with Gasteiger partial charge in [-0.2, -0.15) is 4.57 Å². The molecule has 1 heterocycles. The molecule has 2 heteroatoms. The van der Waals surface area contributed by atoms with E-state index in [1.165, 1.54) is 5.69 Å². The van der Waals surface area contributed by atoms with E-state index in [1.807, 2.05) is 48.8 Å². The van der Waals surface area contributed by atoms with E-state index in [-0.39, 0.29) is 17.0 Å². The van der Waals surface area contributed by atoms with Crippen LogP contribution >= 0.6 is 0 Å². The molecule has 0 saturated heterocycles. The van der Waals surface area contributed by atoms with Gasteiger partial charge < -0.3 is 17.0 Å². The molecular weight excluding hydrogens is 226 g/mol. The fourth-order valence-corrected chi connectivity index (χ4v) is 1.17. The Morgan fingerprint density at radius 3 is 1.85 bits per heavy atom. The monoisotopic (exact) mass is 235 g/mol. The van der Waals surface area contributed by atoms with Crippen molar-refractivity contribution in [1.29, 1.82) is 0 Å². The van der Waals surface area contributed by atoms with Gasteiger partial charge in [-0.25, -0.2) is 0 Å². The van der Waals surface area contributed by atoms with Crippen molar-refractivity contribution in [1.82, 2.24) is 0 Å². The summed E-state index contributed by atoms with van der Waals surface area (Å²) in [5.74, 6) is 0. The molecule has 1 nitrogen and oxygen atoms in total. The van der Waals surface area contributed by atoms with Gasteiger partial charge in [0.05, 0.1) is 0 Å². The van der Waals surface area contributed by atoms with Gasteiger partial charge >= 0.3 is 0 Å². The normalized spacial score (nSPS) is 8.92. The van der Waals surface area contributed by atoms with Gasteiger partial charge in [-0.1, -0.05) is 24.3 Å². The molecular formula is C11H10BrN. The minimum Gasteiger partial charge on any atom is -1.00 e. The Morgan fingerprint density at radius 1 is 0.692 bits per heavy atom. The minimum absolute atomic E-state index is 0. The van der Waals surface area contributed by atoms with Crippen molar-refractivity contribution < 1.29 is 21.5 Å². The Kier molecular flexibility index (Phi) is 3.65. The molecule has 0 amide bonds. The van der Waals surface area contributed by atoms with Crippen LogP contribution in [0.25, 0.3) is 5.69 Å².